The molecule has 1 aliphatic carbocycles. The van der Waals surface area contributed by atoms with E-state index in [1.807, 2.05) is 4.90 Å². The van der Waals surface area contributed by atoms with Crippen molar-refractivity contribution in [1.29, 1.82) is 0 Å². The molecule has 3 N–H and O–H groups in total. The molecule has 1 atom stereocenters. The molecular weight excluding hydrogens is 248 g/mol. The van der Waals surface area contributed by atoms with E-state index in [1.165, 1.54) is 24.2 Å². The van der Waals surface area contributed by atoms with Crippen LogP contribution in [0.4, 0.5) is 10.9 Å². The van der Waals surface area contributed by atoms with E-state index in [1.54, 1.807) is 0 Å². The summed E-state index contributed by atoms with van der Waals surface area (Å²) in [6.07, 6.45) is 3.45. The predicted molar refractivity (Wildman–Crippen MR) is 72.9 cm³/mol. The molecule has 1 saturated carbocycles. The highest BCUT2D eigenvalue weighted by Crippen LogP contribution is 2.32. The third-order valence-corrected chi connectivity index (χ3v) is 4.45. The summed E-state index contributed by atoms with van der Waals surface area (Å²) < 4.78 is 0. The topological polar surface area (TPSA) is 71.2 Å². The van der Waals surface area contributed by atoms with Gasteiger partial charge in [-0.2, -0.15) is 0 Å². The van der Waals surface area contributed by atoms with Gasteiger partial charge in [-0.15, -0.1) is 0 Å². The Bertz CT molecular complexity index is 469. The van der Waals surface area contributed by atoms with E-state index in [9.17, 15) is 4.79 Å². The molecule has 1 saturated heterocycles. The van der Waals surface area contributed by atoms with Crippen molar-refractivity contribution in [3.63, 3.8) is 0 Å². The van der Waals surface area contributed by atoms with Crippen LogP contribution in [0.25, 0.3) is 0 Å². The molecule has 5 nitrogen and oxygen atoms in total. The number of amides is 1. The lowest BCUT2D eigenvalue weighted by Crippen LogP contribution is -2.28. The number of hydrogen-bond donors (Lipinski definition) is 2. The molecular formula is C12H18N4OS. The van der Waals surface area contributed by atoms with Gasteiger partial charge in [-0.3, -0.25) is 4.79 Å². The number of carbonyl (C=O) groups excluding carboxylic acids is 1. The van der Waals surface area contributed by atoms with Crippen LogP contribution in [0.5, 0.6) is 0 Å². The number of nitrogen functional groups attached to an aromatic ring is 1. The van der Waals surface area contributed by atoms with E-state index in [-0.39, 0.29) is 5.91 Å². The van der Waals surface area contributed by atoms with Gasteiger partial charge >= 0.3 is 0 Å². The number of carbonyl (C=O) groups is 1. The number of rotatable bonds is 3. The maximum atomic E-state index is 12.3. The second-order valence-electron chi connectivity index (χ2n) is 5.30. The first-order chi connectivity index (χ1) is 8.63. The fourth-order valence-electron chi connectivity index (χ4n) is 2.21. The van der Waals surface area contributed by atoms with Gasteiger partial charge in [-0.25, -0.2) is 4.98 Å². The van der Waals surface area contributed by atoms with E-state index in [2.05, 4.69) is 17.2 Å². The van der Waals surface area contributed by atoms with Crippen LogP contribution in [0.3, 0.4) is 0 Å². The highest BCUT2D eigenvalue weighted by molar-refractivity contribution is 7.18. The third-order valence-electron chi connectivity index (χ3n) is 3.46. The lowest BCUT2D eigenvalue weighted by Gasteiger charge is -2.14. The molecule has 0 bridgehead atoms. The molecule has 0 radical (unpaired) electrons. The summed E-state index contributed by atoms with van der Waals surface area (Å²) in [5.41, 5.74) is 5.85. The average molecular weight is 266 g/mol. The Morgan fingerprint density at radius 2 is 2.28 bits per heavy atom. The summed E-state index contributed by atoms with van der Waals surface area (Å²) in [5, 5.41) is 4.07. The molecule has 1 aromatic heterocycles. The molecule has 1 aliphatic heterocycles. The van der Waals surface area contributed by atoms with Gasteiger partial charge in [0.15, 0.2) is 5.13 Å². The Morgan fingerprint density at radius 3 is 2.89 bits per heavy atom. The van der Waals surface area contributed by atoms with Crippen molar-refractivity contribution in [2.45, 2.75) is 32.2 Å². The number of anilines is 2. The molecule has 6 heteroatoms. The quantitative estimate of drug-likeness (QED) is 0.875. The van der Waals surface area contributed by atoms with Crippen LogP contribution in [-0.4, -0.2) is 34.9 Å². The van der Waals surface area contributed by atoms with Crippen molar-refractivity contribution < 1.29 is 4.79 Å². The molecule has 3 rings (SSSR count). The average Bonchev–Trinajstić information content (AvgIpc) is 2.91. The molecule has 2 heterocycles. The third kappa shape index (κ3) is 2.29. The van der Waals surface area contributed by atoms with Crippen molar-refractivity contribution in [3.8, 4) is 0 Å². The number of thiazole rings is 1. The number of nitrogens with zero attached hydrogens (tertiary/aromatic N) is 2. The Hall–Kier alpha value is -1.30. The van der Waals surface area contributed by atoms with Crippen molar-refractivity contribution in [2.75, 3.05) is 24.1 Å². The first-order valence-electron chi connectivity index (χ1n) is 6.45. The number of nitrogens with two attached hydrogens (primary N) is 1. The van der Waals surface area contributed by atoms with Crippen LogP contribution in [0.2, 0.25) is 0 Å². The minimum absolute atomic E-state index is 0.0400. The standard InChI is InChI=1S/C12H18N4OS/c1-7-4-5-16(6-7)11(17)9-10(13)15-12(18-9)14-8-2-3-8/h7-8H,2-6,13H2,1H3,(H,14,15). The Labute approximate surface area is 110 Å². The highest BCUT2D eigenvalue weighted by Gasteiger charge is 2.29. The Kier molecular flexibility index (Phi) is 2.89. The lowest BCUT2D eigenvalue weighted by molar-refractivity contribution is 0.0793. The summed E-state index contributed by atoms with van der Waals surface area (Å²) >= 11 is 1.39. The molecule has 98 valence electrons. The SMILES string of the molecule is CC1CCN(C(=O)c2sc(NC3CC3)nc2N)C1. The zero-order chi connectivity index (χ0) is 12.7. The molecule has 0 spiro atoms. The largest absolute Gasteiger partial charge is 0.382 e. The van der Waals surface area contributed by atoms with Crippen LogP contribution in [-0.2, 0) is 0 Å². The summed E-state index contributed by atoms with van der Waals surface area (Å²) in [6, 6.07) is 0.533. The summed E-state index contributed by atoms with van der Waals surface area (Å²) in [5.74, 6) is 0.998. The fraction of sp³-hybridized carbons (Fsp3) is 0.667. The lowest BCUT2D eigenvalue weighted by atomic mass is 10.2. The summed E-state index contributed by atoms with van der Waals surface area (Å²) in [7, 11) is 0. The monoisotopic (exact) mass is 266 g/mol. The molecule has 1 unspecified atom stereocenters. The van der Waals surface area contributed by atoms with Crippen LogP contribution >= 0.6 is 11.3 Å². The van der Waals surface area contributed by atoms with Gasteiger partial charge in [-0.05, 0) is 25.2 Å². The van der Waals surface area contributed by atoms with Crippen LogP contribution in [0.15, 0.2) is 0 Å². The van der Waals surface area contributed by atoms with Crippen molar-refractivity contribution in [3.05, 3.63) is 4.88 Å². The number of hydrogen-bond acceptors (Lipinski definition) is 5. The minimum atomic E-state index is 0.0400. The van der Waals surface area contributed by atoms with Crippen molar-refractivity contribution in [2.24, 2.45) is 5.92 Å². The molecule has 0 aromatic carbocycles. The highest BCUT2D eigenvalue weighted by atomic mass is 32.1. The zero-order valence-electron chi connectivity index (χ0n) is 10.5. The van der Waals surface area contributed by atoms with E-state index < -0.39 is 0 Å². The zero-order valence-corrected chi connectivity index (χ0v) is 11.3. The van der Waals surface area contributed by atoms with Gasteiger partial charge < -0.3 is 16.0 Å². The smallest absolute Gasteiger partial charge is 0.267 e. The Morgan fingerprint density at radius 1 is 1.50 bits per heavy atom. The summed E-state index contributed by atoms with van der Waals surface area (Å²) in [6.45, 7) is 3.84. The van der Waals surface area contributed by atoms with Crippen LogP contribution in [0.1, 0.15) is 35.9 Å². The second kappa shape index (κ2) is 4.42. The molecule has 2 fully saturated rings. The van der Waals surface area contributed by atoms with Gasteiger partial charge in [0.1, 0.15) is 10.7 Å². The van der Waals surface area contributed by atoms with E-state index in [0.717, 1.165) is 24.6 Å². The maximum Gasteiger partial charge on any atom is 0.267 e. The number of likely N-dealkylation sites (tertiary alicyclic amines) is 1. The van der Waals surface area contributed by atoms with Gasteiger partial charge in [0.25, 0.3) is 5.91 Å². The fourth-order valence-corrected chi connectivity index (χ4v) is 3.14. The molecule has 18 heavy (non-hydrogen) atoms. The number of aromatic nitrogens is 1. The normalized spacial score (nSPS) is 23.4. The van der Waals surface area contributed by atoms with Gasteiger partial charge in [-0.1, -0.05) is 18.3 Å². The number of nitrogens with one attached hydrogen (secondary N) is 1. The van der Waals surface area contributed by atoms with Crippen LogP contribution < -0.4 is 11.1 Å². The minimum Gasteiger partial charge on any atom is -0.382 e. The molecule has 1 amide bonds. The van der Waals surface area contributed by atoms with Crippen LogP contribution in [0, 0.1) is 5.92 Å². The van der Waals surface area contributed by atoms with E-state index >= 15 is 0 Å². The Balaban J connectivity index is 1.74. The summed E-state index contributed by atoms with van der Waals surface area (Å²) in [4.78, 5) is 19.0. The van der Waals surface area contributed by atoms with Crippen molar-refractivity contribution >= 4 is 28.2 Å². The van der Waals surface area contributed by atoms with Gasteiger partial charge in [0, 0.05) is 19.1 Å². The first-order valence-corrected chi connectivity index (χ1v) is 7.27. The van der Waals surface area contributed by atoms with E-state index in [4.69, 9.17) is 5.73 Å². The first kappa shape index (κ1) is 11.8. The molecule has 2 aliphatic rings. The van der Waals surface area contributed by atoms with Gasteiger partial charge in [0.2, 0.25) is 0 Å². The second-order valence-corrected chi connectivity index (χ2v) is 6.30. The molecule has 1 aromatic rings. The maximum absolute atomic E-state index is 12.3. The van der Waals surface area contributed by atoms with E-state index in [0.29, 0.717) is 22.7 Å². The van der Waals surface area contributed by atoms with Crippen molar-refractivity contribution in [1.82, 2.24) is 9.88 Å². The predicted octanol–water partition coefficient (Wildman–Crippen LogP) is 1.78. The van der Waals surface area contributed by atoms with Gasteiger partial charge in [0.05, 0.1) is 0 Å².